The van der Waals surface area contributed by atoms with Gasteiger partial charge in [0, 0.05) is 58.8 Å². The van der Waals surface area contributed by atoms with Crippen molar-refractivity contribution in [3.63, 3.8) is 0 Å². The molecule has 0 fully saturated rings. The van der Waals surface area contributed by atoms with E-state index in [2.05, 4.69) is 25.6 Å². The Morgan fingerprint density at radius 3 is 1.19 bits per heavy atom. The molecule has 3 aromatic heterocycles. The molecule has 0 saturated heterocycles. The first-order valence-electron chi connectivity index (χ1n) is 28.9. The average Bonchev–Trinajstić information content (AvgIpc) is 0.768. The summed E-state index contributed by atoms with van der Waals surface area (Å²) in [6.45, 7) is 14.4. The van der Waals surface area contributed by atoms with Gasteiger partial charge in [-0.2, -0.15) is 28.8 Å². The number of non-ortho nitro benzene ring substituents is 3. The largest absolute Gasteiger partial charge is 0.398 e. The SMILES string of the molecule is CC(C)CC(=O)c1c(Nc2ccc(Cl)cc2Cl)[nH]c2cccc([N+](=O)[O-])c2c1=O.Cc1ccc([N+](=O)[O-])c2c(=O)c(C(=O)CC(C)C)c(Nc3ccc(Cl)cc3Cl)[nH]c12.Cc1ccc([N+](=O)[O-])c2c(=O)c(C(=O)CC(C)C)c(S(C)=O)[nH]c12.Nc1ccc(Cl)cc1Cl.O=C=O.O=C=O.O=C=O. The molecule has 28 nitrogen and oxygen atoms in total. The van der Waals surface area contributed by atoms with Crippen LogP contribution in [0.15, 0.2) is 116 Å². The van der Waals surface area contributed by atoms with Crippen molar-refractivity contribution >= 4 is 195 Å². The van der Waals surface area contributed by atoms with Gasteiger partial charge in [-0.1, -0.05) is 129 Å². The molecule has 1 unspecified atom stereocenters. The van der Waals surface area contributed by atoms with Crippen molar-refractivity contribution in [2.45, 2.75) is 79.7 Å². The van der Waals surface area contributed by atoms with Crippen LogP contribution in [-0.4, -0.2) is 76.0 Å². The van der Waals surface area contributed by atoms with E-state index in [1.54, 1.807) is 62.4 Å². The van der Waals surface area contributed by atoms with Crippen LogP contribution in [0.25, 0.3) is 32.7 Å². The first kappa shape index (κ1) is 84.8. The monoisotopic (exact) mass is 1520 g/mol. The number of aromatic nitrogens is 3. The van der Waals surface area contributed by atoms with Crippen molar-refractivity contribution in [3.8, 4) is 0 Å². The van der Waals surface area contributed by atoms with Crippen LogP contribution in [0.1, 0.15) is 103 Å². The second-order valence-corrected chi connectivity index (χ2v) is 26.1. The number of hydrogen-bond donors (Lipinski definition) is 6. The zero-order valence-electron chi connectivity index (χ0n) is 54.4. The minimum atomic E-state index is -1.61. The highest BCUT2D eigenvalue weighted by Gasteiger charge is 2.30. The predicted molar refractivity (Wildman–Crippen MR) is 382 cm³/mol. The summed E-state index contributed by atoms with van der Waals surface area (Å²) >= 11 is 35.5. The number of Topliss-reactive ketones (excluding diaryl/α,β-unsaturated/α-hetero) is 3. The molecule has 101 heavy (non-hydrogen) atoms. The molecule has 3 heterocycles. The molecule has 0 amide bonds. The zero-order valence-corrected chi connectivity index (χ0v) is 59.8. The Balaban J connectivity index is 0.000000351. The van der Waals surface area contributed by atoms with Gasteiger partial charge in [0.1, 0.15) is 43.9 Å². The van der Waals surface area contributed by atoms with E-state index in [9.17, 15) is 63.3 Å². The Morgan fingerprint density at radius 2 is 0.832 bits per heavy atom. The van der Waals surface area contributed by atoms with Crippen molar-refractivity contribution in [1.29, 1.82) is 0 Å². The van der Waals surface area contributed by atoms with Crippen LogP contribution < -0.4 is 32.7 Å². The van der Waals surface area contributed by atoms with Crippen molar-refractivity contribution < 1.29 is 62.1 Å². The second-order valence-electron chi connectivity index (χ2n) is 22.3. The molecule has 0 radical (unpaired) electrons. The van der Waals surface area contributed by atoms with Gasteiger partial charge in [0.25, 0.3) is 17.1 Å². The van der Waals surface area contributed by atoms with E-state index < -0.39 is 59.2 Å². The van der Waals surface area contributed by atoms with Gasteiger partial charge in [-0.05, 0) is 103 Å². The molecule has 6 aromatic carbocycles. The third-order valence-electron chi connectivity index (χ3n) is 13.5. The van der Waals surface area contributed by atoms with Crippen LogP contribution in [0.5, 0.6) is 0 Å². The molecule has 530 valence electrons. The highest BCUT2D eigenvalue weighted by Crippen LogP contribution is 2.35. The quantitative estimate of drug-likeness (QED) is 0.0213. The number of nitrogens with one attached hydrogen (secondary N) is 5. The number of fused-ring (bicyclic) bond motifs is 3. The number of anilines is 5. The van der Waals surface area contributed by atoms with E-state index in [4.69, 9.17) is 104 Å². The number of nitrogens with zero attached hydrogens (tertiary/aromatic N) is 3. The Labute approximate surface area is 604 Å². The van der Waals surface area contributed by atoms with Gasteiger partial charge in [0.05, 0.1) is 79.8 Å². The molecule has 35 heteroatoms. The Kier molecular flexibility index (Phi) is 33.1. The number of aromatic amines is 3. The third-order valence-corrected chi connectivity index (χ3v) is 16.0. The van der Waals surface area contributed by atoms with Crippen molar-refractivity contribution in [3.05, 3.63) is 216 Å². The maximum atomic E-state index is 13.3. The van der Waals surface area contributed by atoms with Crippen LogP contribution in [0, 0.1) is 61.9 Å². The van der Waals surface area contributed by atoms with Gasteiger partial charge in [-0.25, -0.2) is 0 Å². The summed E-state index contributed by atoms with van der Waals surface area (Å²) in [6.07, 6.45) is 2.42. The van der Waals surface area contributed by atoms with Gasteiger partial charge in [-0.15, -0.1) is 0 Å². The third kappa shape index (κ3) is 23.1. The van der Waals surface area contributed by atoms with Gasteiger partial charge in [0.15, 0.2) is 17.3 Å². The minimum Gasteiger partial charge on any atom is -0.398 e. The number of hydrogen-bond acceptors (Lipinski definition) is 22. The van der Waals surface area contributed by atoms with E-state index in [1.807, 2.05) is 41.5 Å². The summed E-state index contributed by atoms with van der Waals surface area (Å²) < 4.78 is 12.0. The molecule has 0 aliphatic carbocycles. The normalized spacial score (nSPS) is 10.6. The summed E-state index contributed by atoms with van der Waals surface area (Å²) in [4.78, 5) is 168. The van der Waals surface area contributed by atoms with Crippen LogP contribution in [0.4, 0.5) is 45.8 Å². The summed E-state index contributed by atoms with van der Waals surface area (Å²) in [7, 11) is -1.61. The fraction of sp³-hybridized carbons (Fsp3) is 0.227. The summed E-state index contributed by atoms with van der Waals surface area (Å²) in [5.74, 6) is -1.07. The summed E-state index contributed by atoms with van der Waals surface area (Å²) in [5.41, 5.74) is 4.96. The maximum absolute atomic E-state index is 13.3. The van der Waals surface area contributed by atoms with Gasteiger partial charge in [0.2, 0.25) is 16.3 Å². The number of pyridine rings is 3. The Bertz CT molecular complexity index is 4980. The maximum Gasteiger partial charge on any atom is 0.373 e. The molecular weight excluding hydrogens is 1470 g/mol. The number of halogens is 6. The summed E-state index contributed by atoms with van der Waals surface area (Å²) in [6, 6.07) is 24.3. The number of nitrogens with two attached hydrogens (primary N) is 1. The van der Waals surface area contributed by atoms with Gasteiger partial charge >= 0.3 is 18.5 Å². The van der Waals surface area contributed by atoms with Crippen molar-refractivity contribution in [2.24, 2.45) is 17.8 Å². The number of rotatable bonds is 17. The lowest BCUT2D eigenvalue weighted by Gasteiger charge is -2.15. The van der Waals surface area contributed by atoms with Crippen molar-refractivity contribution in [2.75, 3.05) is 22.6 Å². The van der Waals surface area contributed by atoms with E-state index in [1.165, 1.54) is 54.8 Å². The molecule has 1 atom stereocenters. The molecule has 0 saturated carbocycles. The Morgan fingerprint density at radius 1 is 0.495 bits per heavy atom. The van der Waals surface area contributed by atoms with Gasteiger partial charge < -0.3 is 31.3 Å². The molecule has 0 bridgehead atoms. The molecule has 9 rings (SSSR count). The standard InChI is InChI=1S/C21H19Cl2N3O4.C20H17Cl2N3O4.C16H18N2O5S.C6H5Cl2N.3CO2/c1-10(2)8-16(27)18-20(28)17-15(26(29)30)7-4-11(3)19(17)25-21(18)24-14-6-5-12(22)9-13(14)23;1-10(2)8-16(26)18-19(27)17-14(4-3-5-15(17)25(28)29)24-20(18)23-13-7-6-11(21)9-12(13)22;1-8(2)7-11(19)13-15(20)12-10(18(21)22)6-5-9(3)14(12)17-16(13)24(4)23;7-4-1-2-6(9)5(8)3-4;3*2-1-3/h4-7,9-10H,8H2,1-3H3,(H2,24,25,28);3-7,9-10H,8H2,1-2H3,(H2,23,24,27);5-6,8H,7H2,1-4H3,(H,17,20);1-3H,9H2;;;. The van der Waals surface area contributed by atoms with Crippen LogP contribution in [0.2, 0.25) is 30.1 Å². The Hall–Kier alpha value is -10.4. The first-order chi connectivity index (χ1) is 47.4. The molecular formula is C66H59Cl6N9O19S. The number of carbonyl (C=O) groups excluding carboxylic acids is 9. The number of aryl methyl sites for hydroxylation is 2. The average molecular weight is 1530 g/mol. The topological polar surface area (TPSA) is 449 Å². The predicted octanol–water partition coefficient (Wildman–Crippen LogP) is 15.3. The number of nitro groups is 3. The number of ketones is 3. The van der Waals surface area contributed by atoms with E-state index in [-0.39, 0.29) is 139 Å². The molecule has 9 aromatic rings. The lowest BCUT2D eigenvalue weighted by molar-refractivity contribution is -0.383. The second kappa shape index (κ2) is 39.4. The fourth-order valence-corrected chi connectivity index (χ4v) is 11.4. The number of nitro benzene ring substituents is 3. The van der Waals surface area contributed by atoms with Crippen LogP contribution in [0.3, 0.4) is 0 Å². The lowest BCUT2D eigenvalue weighted by atomic mass is 9.98. The molecule has 0 aliphatic rings. The lowest BCUT2D eigenvalue weighted by Crippen LogP contribution is -2.22. The van der Waals surface area contributed by atoms with Crippen LogP contribution >= 0.6 is 69.6 Å². The molecule has 0 aliphatic heterocycles. The first-order valence-corrected chi connectivity index (χ1v) is 32.8. The van der Waals surface area contributed by atoms with Crippen molar-refractivity contribution in [1.82, 2.24) is 15.0 Å². The number of benzene rings is 6. The highest BCUT2D eigenvalue weighted by molar-refractivity contribution is 7.84. The number of carbonyl (C=O) groups is 3. The number of H-pyrrole nitrogens is 3. The minimum absolute atomic E-state index is 0.00164. The fourth-order valence-electron chi connectivity index (χ4n) is 9.34. The van der Waals surface area contributed by atoms with E-state index in [0.29, 0.717) is 58.3 Å². The summed E-state index contributed by atoms with van der Waals surface area (Å²) in [5, 5.41) is 42.3. The zero-order chi connectivity index (χ0) is 76.6. The smallest absolute Gasteiger partial charge is 0.373 e. The van der Waals surface area contributed by atoms with Crippen LogP contribution in [-0.2, 0) is 39.6 Å². The molecule has 7 N–H and O–H groups in total. The highest BCUT2D eigenvalue weighted by atomic mass is 35.5. The van der Waals surface area contributed by atoms with Gasteiger partial charge in [-0.3, -0.25) is 63.3 Å². The van der Waals surface area contributed by atoms with E-state index in [0.717, 1.165) is 0 Å². The molecule has 0 spiro atoms. The number of nitrogen functional groups attached to an aromatic ring is 1. The van der Waals surface area contributed by atoms with E-state index >= 15 is 0 Å².